The normalized spacial score (nSPS) is 14.6. The third-order valence-corrected chi connectivity index (χ3v) is 4.25. The highest BCUT2D eigenvalue weighted by Crippen LogP contribution is 2.28. The monoisotopic (exact) mass is 277 g/mol. The molecule has 1 aromatic heterocycles. The zero-order chi connectivity index (χ0) is 13.8. The molecule has 0 radical (unpaired) electrons. The Morgan fingerprint density at radius 1 is 1.11 bits per heavy atom. The highest BCUT2D eigenvalue weighted by molar-refractivity contribution is 7.10. The Labute approximate surface area is 118 Å². The molecule has 1 nitrogen and oxygen atoms in total. The molecule has 0 amide bonds. The molecule has 2 aromatic rings. The van der Waals surface area contributed by atoms with Gasteiger partial charge in [-0.25, -0.2) is 4.39 Å². The fourth-order valence-electron chi connectivity index (χ4n) is 2.21. The van der Waals surface area contributed by atoms with Crippen molar-refractivity contribution in [1.82, 2.24) is 5.32 Å². The number of hydrogen-bond acceptors (Lipinski definition) is 2. The smallest absolute Gasteiger partial charge is 0.123 e. The van der Waals surface area contributed by atoms with E-state index < -0.39 is 0 Å². The fourth-order valence-corrected chi connectivity index (χ4v) is 3.17. The van der Waals surface area contributed by atoms with Crippen LogP contribution in [0.5, 0.6) is 0 Å². The van der Waals surface area contributed by atoms with Crippen LogP contribution in [0, 0.1) is 11.7 Å². The van der Waals surface area contributed by atoms with Gasteiger partial charge in [0.1, 0.15) is 5.82 Å². The molecule has 0 bridgehead atoms. The van der Waals surface area contributed by atoms with E-state index in [1.54, 1.807) is 23.5 Å². The number of benzene rings is 1. The van der Waals surface area contributed by atoms with Gasteiger partial charge in [-0.1, -0.05) is 32.0 Å². The molecule has 2 unspecified atom stereocenters. The minimum atomic E-state index is -0.177. The van der Waals surface area contributed by atoms with Crippen molar-refractivity contribution in [3.63, 3.8) is 0 Å². The van der Waals surface area contributed by atoms with Crippen LogP contribution in [0.25, 0.3) is 0 Å². The summed E-state index contributed by atoms with van der Waals surface area (Å²) in [7, 11) is 0. The zero-order valence-electron chi connectivity index (χ0n) is 11.6. The van der Waals surface area contributed by atoms with Crippen molar-refractivity contribution in [2.75, 3.05) is 0 Å². The third kappa shape index (κ3) is 3.64. The third-order valence-electron chi connectivity index (χ3n) is 3.29. The van der Waals surface area contributed by atoms with E-state index in [0.29, 0.717) is 12.0 Å². The summed E-state index contributed by atoms with van der Waals surface area (Å²) in [5.41, 5.74) is 0.988. The maximum Gasteiger partial charge on any atom is 0.123 e. The number of nitrogens with one attached hydrogen (secondary N) is 1. The summed E-state index contributed by atoms with van der Waals surface area (Å²) in [6.07, 6.45) is 0. The van der Waals surface area contributed by atoms with E-state index in [-0.39, 0.29) is 11.9 Å². The molecule has 3 heteroatoms. The van der Waals surface area contributed by atoms with Gasteiger partial charge in [0.15, 0.2) is 0 Å². The van der Waals surface area contributed by atoms with Crippen molar-refractivity contribution in [2.24, 2.45) is 5.92 Å². The Balaban J connectivity index is 2.14. The molecule has 1 heterocycles. The van der Waals surface area contributed by atoms with Crippen LogP contribution in [0.1, 0.15) is 43.3 Å². The molecule has 2 rings (SSSR count). The first-order valence-corrected chi connectivity index (χ1v) is 7.51. The molecular weight excluding hydrogens is 257 g/mol. The van der Waals surface area contributed by atoms with Gasteiger partial charge in [-0.2, -0.15) is 0 Å². The lowest BCUT2D eigenvalue weighted by Gasteiger charge is -2.26. The predicted octanol–water partition coefficient (Wildman–Crippen LogP) is 4.94. The zero-order valence-corrected chi connectivity index (χ0v) is 12.4. The molecule has 0 aliphatic heterocycles. The van der Waals surface area contributed by atoms with Gasteiger partial charge in [0, 0.05) is 17.0 Å². The van der Waals surface area contributed by atoms with Crippen LogP contribution in [0.4, 0.5) is 4.39 Å². The second-order valence-corrected chi connectivity index (χ2v) is 6.16. The minimum absolute atomic E-state index is 0.130. The van der Waals surface area contributed by atoms with Gasteiger partial charge in [0.25, 0.3) is 0 Å². The van der Waals surface area contributed by atoms with Crippen LogP contribution in [-0.4, -0.2) is 0 Å². The van der Waals surface area contributed by atoms with E-state index >= 15 is 0 Å². The van der Waals surface area contributed by atoms with E-state index in [0.717, 1.165) is 5.56 Å². The van der Waals surface area contributed by atoms with E-state index in [2.05, 4.69) is 43.6 Å². The molecular formula is C16H20FNS. The highest BCUT2D eigenvalue weighted by Gasteiger charge is 2.19. The van der Waals surface area contributed by atoms with Crippen LogP contribution < -0.4 is 5.32 Å². The van der Waals surface area contributed by atoms with Crippen LogP contribution in [-0.2, 0) is 0 Å². The largest absolute Gasteiger partial charge is 0.302 e. The lowest BCUT2D eigenvalue weighted by molar-refractivity contribution is 0.379. The lowest BCUT2D eigenvalue weighted by atomic mass is 10.00. The molecule has 0 aliphatic carbocycles. The molecule has 0 aliphatic rings. The fraction of sp³-hybridized carbons (Fsp3) is 0.375. The SMILES string of the molecule is CC(NC(c1cccs1)C(C)C)c1cccc(F)c1. The molecule has 1 N–H and O–H groups in total. The van der Waals surface area contributed by atoms with Gasteiger partial charge in [-0.15, -0.1) is 11.3 Å². The molecule has 19 heavy (non-hydrogen) atoms. The van der Waals surface area contributed by atoms with Gasteiger partial charge >= 0.3 is 0 Å². The van der Waals surface area contributed by atoms with Crippen molar-refractivity contribution in [1.29, 1.82) is 0 Å². The molecule has 0 saturated carbocycles. The molecule has 0 saturated heterocycles. The van der Waals surface area contributed by atoms with Gasteiger partial charge in [0.2, 0.25) is 0 Å². The molecule has 102 valence electrons. The van der Waals surface area contributed by atoms with E-state index in [4.69, 9.17) is 0 Å². The van der Waals surface area contributed by atoms with Crippen LogP contribution >= 0.6 is 11.3 Å². The van der Waals surface area contributed by atoms with Crippen molar-refractivity contribution in [3.05, 3.63) is 58.0 Å². The second-order valence-electron chi connectivity index (χ2n) is 5.18. The predicted molar refractivity (Wildman–Crippen MR) is 79.8 cm³/mol. The average molecular weight is 277 g/mol. The Kier molecular flexibility index (Phi) is 4.72. The molecule has 2 atom stereocenters. The number of thiophene rings is 1. The van der Waals surface area contributed by atoms with E-state index in [1.807, 2.05) is 6.07 Å². The van der Waals surface area contributed by atoms with Crippen molar-refractivity contribution in [2.45, 2.75) is 32.9 Å². The molecule has 1 aromatic carbocycles. The lowest BCUT2D eigenvalue weighted by Crippen LogP contribution is -2.27. The quantitative estimate of drug-likeness (QED) is 0.816. The number of rotatable bonds is 5. The van der Waals surface area contributed by atoms with Crippen LogP contribution in [0.15, 0.2) is 41.8 Å². The second kappa shape index (κ2) is 6.31. The maximum atomic E-state index is 13.3. The minimum Gasteiger partial charge on any atom is -0.302 e. The Morgan fingerprint density at radius 3 is 2.47 bits per heavy atom. The summed E-state index contributed by atoms with van der Waals surface area (Å²) in [5, 5.41) is 5.70. The Bertz CT molecular complexity index is 507. The van der Waals surface area contributed by atoms with Gasteiger partial charge < -0.3 is 5.32 Å². The molecule has 0 fully saturated rings. The first kappa shape index (κ1) is 14.2. The summed E-state index contributed by atoms with van der Waals surface area (Å²) >= 11 is 1.76. The summed E-state index contributed by atoms with van der Waals surface area (Å²) in [6, 6.07) is 11.5. The Morgan fingerprint density at radius 2 is 1.89 bits per heavy atom. The summed E-state index contributed by atoms with van der Waals surface area (Å²) in [6.45, 7) is 6.49. The van der Waals surface area contributed by atoms with Gasteiger partial charge in [0.05, 0.1) is 0 Å². The van der Waals surface area contributed by atoms with Gasteiger partial charge in [-0.3, -0.25) is 0 Å². The van der Waals surface area contributed by atoms with Crippen molar-refractivity contribution < 1.29 is 4.39 Å². The summed E-state index contributed by atoms with van der Waals surface area (Å²) < 4.78 is 13.3. The topological polar surface area (TPSA) is 12.0 Å². The van der Waals surface area contributed by atoms with Crippen molar-refractivity contribution >= 4 is 11.3 Å². The first-order chi connectivity index (χ1) is 9.08. The summed E-state index contributed by atoms with van der Waals surface area (Å²) in [4.78, 5) is 1.33. The number of halogens is 1. The highest BCUT2D eigenvalue weighted by atomic mass is 32.1. The van der Waals surface area contributed by atoms with E-state index in [9.17, 15) is 4.39 Å². The van der Waals surface area contributed by atoms with Crippen LogP contribution in [0.2, 0.25) is 0 Å². The van der Waals surface area contributed by atoms with Crippen molar-refractivity contribution in [3.8, 4) is 0 Å². The maximum absolute atomic E-state index is 13.3. The van der Waals surface area contributed by atoms with Gasteiger partial charge in [-0.05, 0) is 42.0 Å². The number of hydrogen-bond donors (Lipinski definition) is 1. The van der Waals surface area contributed by atoms with Crippen LogP contribution in [0.3, 0.4) is 0 Å². The average Bonchev–Trinajstić information content (AvgIpc) is 2.88. The Hall–Kier alpha value is -1.19. The standard InChI is InChI=1S/C16H20FNS/c1-11(2)16(15-8-5-9-19-15)18-12(3)13-6-4-7-14(17)10-13/h4-12,16,18H,1-3H3. The first-order valence-electron chi connectivity index (χ1n) is 6.63. The summed E-state index contributed by atoms with van der Waals surface area (Å²) in [5.74, 6) is 0.318. The molecule has 0 spiro atoms. The van der Waals surface area contributed by atoms with E-state index in [1.165, 1.54) is 10.9 Å².